The number of benzene rings is 1. The molecule has 1 atom stereocenters. The number of aliphatic imine (C=N–C) groups is 1. The smallest absolute Gasteiger partial charge is 0.191 e. The Hall–Kier alpha value is -0.540. The summed E-state index contributed by atoms with van der Waals surface area (Å²) >= 11 is 3.64. The highest BCUT2D eigenvalue weighted by Gasteiger charge is 2.24. The van der Waals surface area contributed by atoms with E-state index in [2.05, 4.69) is 60.7 Å². The third-order valence-electron chi connectivity index (χ3n) is 4.16. The number of nitrogens with one attached hydrogen (secondary N) is 2. The quantitative estimate of drug-likeness (QED) is 0.236. The van der Waals surface area contributed by atoms with E-state index >= 15 is 0 Å². The summed E-state index contributed by atoms with van der Waals surface area (Å²) in [4.78, 5) is 6.75. The molecule has 2 N–H and O–H groups in total. The van der Waals surface area contributed by atoms with Crippen molar-refractivity contribution >= 4 is 51.6 Å². The SMILES string of the molecule is CCOCCCCNC(=NC)NC1CCN(c2ccccc2Br)C1.I. The van der Waals surface area contributed by atoms with E-state index in [0.717, 1.165) is 62.5 Å². The maximum absolute atomic E-state index is 5.35. The Kier molecular flexibility index (Phi) is 11.5. The normalized spacial score (nSPS) is 17.3. The highest BCUT2D eigenvalue weighted by Crippen LogP contribution is 2.28. The van der Waals surface area contributed by atoms with E-state index in [1.165, 1.54) is 5.69 Å². The molecule has 0 saturated carbocycles. The van der Waals surface area contributed by atoms with E-state index in [-0.39, 0.29) is 24.0 Å². The molecule has 2 rings (SSSR count). The molecule has 25 heavy (non-hydrogen) atoms. The number of nitrogens with zero attached hydrogens (tertiary/aromatic N) is 2. The standard InChI is InChI=1S/C18H29BrN4O.HI/c1-3-24-13-7-6-11-21-18(20-2)22-15-10-12-23(14-15)17-9-5-4-8-16(17)19;/h4-5,8-9,15H,3,6-7,10-14H2,1-2H3,(H2,20,21,22);1H. The second-order valence-corrected chi connectivity index (χ2v) is 6.78. The molecule has 0 aromatic heterocycles. The highest BCUT2D eigenvalue weighted by molar-refractivity contribution is 14.0. The van der Waals surface area contributed by atoms with E-state index in [1.54, 1.807) is 0 Å². The Morgan fingerprint density at radius 3 is 2.88 bits per heavy atom. The lowest BCUT2D eigenvalue weighted by Gasteiger charge is -2.21. The minimum Gasteiger partial charge on any atom is -0.382 e. The summed E-state index contributed by atoms with van der Waals surface area (Å²) in [6.07, 6.45) is 3.29. The van der Waals surface area contributed by atoms with Gasteiger partial charge in [-0.15, -0.1) is 24.0 Å². The number of hydrogen-bond donors (Lipinski definition) is 2. The Bertz CT molecular complexity index is 530. The Morgan fingerprint density at radius 2 is 2.16 bits per heavy atom. The summed E-state index contributed by atoms with van der Waals surface area (Å²) in [7, 11) is 1.83. The Morgan fingerprint density at radius 1 is 1.36 bits per heavy atom. The molecule has 0 bridgehead atoms. The number of ether oxygens (including phenoxy) is 1. The van der Waals surface area contributed by atoms with Crippen LogP contribution in [-0.4, -0.2) is 51.9 Å². The van der Waals surface area contributed by atoms with Crippen molar-refractivity contribution in [3.8, 4) is 0 Å². The topological polar surface area (TPSA) is 48.9 Å². The summed E-state index contributed by atoms with van der Waals surface area (Å²) in [6, 6.07) is 8.82. The van der Waals surface area contributed by atoms with Gasteiger partial charge in [-0.25, -0.2) is 0 Å². The molecular weight excluding hydrogens is 495 g/mol. The van der Waals surface area contributed by atoms with Gasteiger partial charge in [0.1, 0.15) is 0 Å². The van der Waals surface area contributed by atoms with E-state index in [9.17, 15) is 0 Å². The fourth-order valence-electron chi connectivity index (χ4n) is 2.87. The lowest BCUT2D eigenvalue weighted by atomic mass is 10.2. The van der Waals surface area contributed by atoms with E-state index < -0.39 is 0 Å². The summed E-state index contributed by atoms with van der Waals surface area (Å²) < 4.78 is 6.51. The summed E-state index contributed by atoms with van der Waals surface area (Å²) in [5.74, 6) is 0.894. The predicted octanol–water partition coefficient (Wildman–Crippen LogP) is 3.63. The lowest BCUT2D eigenvalue weighted by molar-refractivity contribution is 0.143. The molecule has 1 aliphatic heterocycles. The number of para-hydroxylation sites is 1. The Balaban J connectivity index is 0.00000312. The van der Waals surface area contributed by atoms with Gasteiger partial charge in [0.25, 0.3) is 0 Å². The van der Waals surface area contributed by atoms with Crippen LogP contribution in [0.1, 0.15) is 26.2 Å². The molecule has 1 heterocycles. The first-order valence-corrected chi connectivity index (χ1v) is 9.58. The fourth-order valence-corrected chi connectivity index (χ4v) is 3.41. The monoisotopic (exact) mass is 524 g/mol. The maximum Gasteiger partial charge on any atom is 0.191 e. The Labute approximate surface area is 177 Å². The average molecular weight is 525 g/mol. The molecule has 1 saturated heterocycles. The molecule has 5 nitrogen and oxygen atoms in total. The van der Waals surface area contributed by atoms with Gasteiger partial charge in [-0.1, -0.05) is 12.1 Å². The molecule has 1 unspecified atom stereocenters. The van der Waals surface area contributed by atoms with Crippen LogP contribution in [0.5, 0.6) is 0 Å². The largest absolute Gasteiger partial charge is 0.382 e. The maximum atomic E-state index is 5.35. The fraction of sp³-hybridized carbons (Fsp3) is 0.611. The predicted molar refractivity (Wildman–Crippen MR) is 120 cm³/mol. The van der Waals surface area contributed by atoms with Gasteiger partial charge in [0.05, 0.1) is 5.69 Å². The molecular formula is C18H30BrIN4O. The van der Waals surface area contributed by atoms with Gasteiger partial charge in [-0.05, 0) is 54.2 Å². The van der Waals surface area contributed by atoms with Crippen LogP contribution >= 0.6 is 39.9 Å². The molecule has 142 valence electrons. The van der Waals surface area contributed by atoms with E-state index in [4.69, 9.17) is 4.74 Å². The second kappa shape index (κ2) is 12.8. The van der Waals surface area contributed by atoms with Crippen molar-refractivity contribution in [2.45, 2.75) is 32.2 Å². The van der Waals surface area contributed by atoms with Crippen LogP contribution in [0.2, 0.25) is 0 Å². The minimum absolute atomic E-state index is 0. The second-order valence-electron chi connectivity index (χ2n) is 5.93. The van der Waals surface area contributed by atoms with Crippen LogP contribution in [0.15, 0.2) is 33.7 Å². The number of guanidine groups is 1. The molecule has 1 aromatic rings. The zero-order chi connectivity index (χ0) is 17.2. The van der Waals surface area contributed by atoms with Crippen LogP contribution in [0.25, 0.3) is 0 Å². The molecule has 0 spiro atoms. The number of anilines is 1. The van der Waals surface area contributed by atoms with Gasteiger partial charge < -0.3 is 20.3 Å². The van der Waals surface area contributed by atoms with Crippen molar-refractivity contribution in [3.05, 3.63) is 28.7 Å². The summed E-state index contributed by atoms with van der Waals surface area (Å²) in [5.41, 5.74) is 1.26. The third-order valence-corrected chi connectivity index (χ3v) is 4.83. The molecule has 7 heteroatoms. The zero-order valence-electron chi connectivity index (χ0n) is 15.1. The van der Waals surface area contributed by atoms with Crippen LogP contribution in [0, 0.1) is 0 Å². The zero-order valence-corrected chi connectivity index (χ0v) is 19.0. The first kappa shape index (κ1) is 22.5. The van der Waals surface area contributed by atoms with Crippen LogP contribution in [0.3, 0.4) is 0 Å². The molecule has 1 fully saturated rings. The van der Waals surface area contributed by atoms with Crippen molar-refractivity contribution in [1.29, 1.82) is 0 Å². The molecule has 1 aromatic carbocycles. The lowest BCUT2D eigenvalue weighted by Crippen LogP contribution is -2.44. The van der Waals surface area contributed by atoms with Gasteiger partial charge in [-0.2, -0.15) is 0 Å². The van der Waals surface area contributed by atoms with Crippen molar-refractivity contribution in [1.82, 2.24) is 10.6 Å². The molecule has 0 radical (unpaired) electrons. The summed E-state index contributed by atoms with van der Waals surface area (Å²) in [5, 5.41) is 6.93. The number of unbranched alkanes of at least 4 members (excludes halogenated alkanes) is 1. The first-order chi connectivity index (χ1) is 11.7. The summed E-state index contributed by atoms with van der Waals surface area (Å²) in [6.45, 7) is 6.65. The molecule has 0 aliphatic carbocycles. The minimum atomic E-state index is 0. The van der Waals surface area contributed by atoms with Gasteiger partial charge in [0.15, 0.2) is 5.96 Å². The van der Waals surface area contributed by atoms with Gasteiger partial charge in [0.2, 0.25) is 0 Å². The van der Waals surface area contributed by atoms with E-state index in [1.807, 2.05) is 14.0 Å². The van der Waals surface area contributed by atoms with Crippen LogP contribution in [0.4, 0.5) is 5.69 Å². The number of rotatable bonds is 8. The van der Waals surface area contributed by atoms with Crippen LogP contribution in [-0.2, 0) is 4.74 Å². The highest BCUT2D eigenvalue weighted by atomic mass is 127. The van der Waals surface area contributed by atoms with Gasteiger partial charge in [-0.3, -0.25) is 4.99 Å². The van der Waals surface area contributed by atoms with Gasteiger partial charge in [0, 0.05) is 50.4 Å². The van der Waals surface area contributed by atoms with Crippen molar-refractivity contribution in [3.63, 3.8) is 0 Å². The number of halogens is 2. The van der Waals surface area contributed by atoms with Crippen molar-refractivity contribution in [2.75, 3.05) is 44.8 Å². The van der Waals surface area contributed by atoms with Crippen LogP contribution < -0.4 is 15.5 Å². The van der Waals surface area contributed by atoms with Crippen molar-refractivity contribution < 1.29 is 4.74 Å². The third kappa shape index (κ3) is 7.70. The molecule has 1 aliphatic rings. The average Bonchev–Trinajstić information content (AvgIpc) is 3.05. The van der Waals surface area contributed by atoms with E-state index in [0.29, 0.717) is 6.04 Å². The van der Waals surface area contributed by atoms with Gasteiger partial charge >= 0.3 is 0 Å². The number of hydrogen-bond acceptors (Lipinski definition) is 3. The van der Waals surface area contributed by atoms with Crippen molar-refractivity contribution in [2.24, 2.45) is 4.99 Å². The first-order valence-electron chi connectivity index (χ1n) is 8.79. The molecule has 0 amide bonds.